The minimum absolute atomic E-state index is 0.0424. The number of aryl methyl sites for hydroxylation is 1. The van der Waals surface area contributed by atoms with Gasteiger partial charge in [0, 0.05) is 51.3 Å². The van der Waals surface area contributed by atoms with Crippen molar-refractivity contribution in [2.45, 2.75) is 76.4 Å². The third kappa shape index (κ3) is 5.46. The van der Waals surface area contributed by atoms with Crippen LogP contribution in [0.1, 0.15) is 72.9 Å². The normalized spacial score (nSPS) is 21.0. The molecule has 2 fully saturated rings. The van der Waals surface area contributed by atoms with Crippen molar-refractivity contribution in [1.82, 2.24) is 20.2 Å². The Hall–Kier alpha value is -3.04. The van der Waals surface area contributed by atoms with Crippen molar-refractivity contribution in [3.63, 3.8) is 0 Å². The van der Waals surface area contributed by atoms with Crippen molar-refractivity contribution in [3.8, 4) is 0 Å². The molecule has 5 rings (SSSR count). The lowest BCUT2D eigenvalue weighted by atomic mass is 9.78. The molecule has 3 N–H and O–H groups in total. The molecule has 2 aliphatic rings. The summed E-state index contributed by atoms with van der Waals surface area (Å²) in [5, 5.41) is 7.12. The van der Waals surface area contributed by atoms with Crippen LogP contribution < -0.4 is 16.2 Å². The third-order valence-electron chi connectivity index (χ3n) is 8.76. The maximum absolute atomic E-state index is 13.6. The lowest BCUT2D eigenvalue weighted by molar-refractivity contribution is -0.136. The van der Waals surface area contributed by atoms with Gasteiger partial charge < -0.3 is 24.9 Å². The highest BCUT2D eigenvalue weighted by atomic mass is 32.2. The molecule has 2 aromatic heterocycles. The number of carbonyl (C=O) groups excluding carboxylic acids is 2. The molecule has 0 unspecified atom stereocenters. The Balaban J connectivity index is 1.33. The first-order chi connectivity index (χ1) is 19.1. The van der Waals surface area contributed by atoms with E-state index >= 15 is 0 Å². The number of fused-ring (bicyclic) bond motifs is 1. The molecule has 0 spiro atoms. The van der Waals surface area contributed by atoms with Crippen molar-refractivity contribution in [2.24, 2.45) is 11.8 Å². The average Bonchev–Trinajstić information content (AvgIpc) is 3.22. The van der Waals surface area contributed by atoms with E-state index in [-0.39, 0.29) is 41.4 Å². The number of nitrogens with one attached hydrogen (secondary N) is 3. The highest BCUT2D eigenvalue weighted by Crippen LogP contribution is 2.39. The number of carbonyl (C=O) groups is 2. The molecule has 1 atom stereocenters. The molecule has 0 radical (unpaired) electrons. The van der Waals surface area contributed by atoms with Gasteiger partial charge in [-0.25, -0.2) is 0 Å². The van der Waals surface area contributed by atoms with Crippen molar-refractivity contribution >= 4 is 34.5 Å². The summed E-state index contributed by atoms with van der Waals surface area (Å²) in [6.07, 6.45) is 5.60. The molecule has 2 amide bonds. The molecule has 1 saturated carbocycles. The molecule has 0 bridgehead atoms. The Labute approximate surface area is 239 Å². The molecule has 3 aromatic rings. The second kappa shape index (κ2) is 11.4. The summed E-state index contributed by atoms with van der Waals surface area (Å²) in [6, 6.07) is 10.2. The van der Waals surface area contributed by atoms with Crippen LogP contribution in [0.25, 0.3) is 10.9 Å². The van der Waals surface area contributed by atoms with Gasteiger partial charge in [-0.15, -0.1) is 11.8 Å². The fraction of sp³-hybridized carbons (Fsp3) is 0.516. The highest BCUT2D eigenvalue weighted by molar-refractivity contribution is 7.98. The van der Waals surface area contributed by atoms with Crippen LogP contribution in [-0.2, 0) is 16.1 Å². The Kier molecular flexibility index (Phi) is 8.15. The minimum atomic E-state index is -0.219. The summed E-state index contributed by atoms with van der Waals surface area (Å²) in [6.45, 7) is 9.47. The number of para-hydroxylation sites is 1. The van der Waals surface area contributed by atoms with Crippen molar-refractivity contribution in [2.75, 3.05) is 19.5 Å². The predicted molar refractivity (Wildman–Crippen MR) is 159 cm³/mol. The van der Waals surface area contributed by atoms with Gasteiger partial charge in [-0.3, -0.25) is 14.4 Å². The van der Waals surface area contributed by atoms with Gasteiger partial charge in [0.25, 0.3) is 11.5 Å². The highest BCUT2D eigenvalue weighted by Gasteiger charge is 2.38. The van der Waals surface area contributed by atoms with Gasteiger partial charge in [-0.1, -0.05) is 18.2 Å². The second-order valence-corrected chi connectivity index (χ2v) is 12.6. The van der Waals surface area contributed by atoms with Crippen LogP contribution in [0.2, 0.25) is 0 Å². The van der Waals surface area contributed by atoms with Gasteiger partial charge in [0.1, 0.15) is 0 Å². The number of H-pyrrole nitrogens is 1. The van der Waals surface area contributed by atoms with Crippen LogP contribution in [0.5, 0.6) is 0 Å². The summed E-state index contributed by atoms with van der Waals surface area (Å²) >= 11 is 1.50. The van der Waals surface area contributed by atoms with Crippen LogP contribution in [0.3, 0.4) is 0 Å². The molecule has 8 nitrogen and oxygen atoms in total. The van der Waals surface area contributed by atoms with E-state index in [1.165, 1.54) is 11.8 Å². The van der Waals surface area contributed by atoms with E-state index in [2.05, 4.69) is 33.2 Å². The number of thioether (sulfide) groups is 1. The molecule has 1 aliphatic carbocycles. The van der Waals surface area contributed by atoms with Gasteiger partial charge >= 0.3 is 0 Å². The molecule has 214 valence electrons. The Bertz CT molecular complexity index is 1480. The fourth-order valence-electron chi connectivity index (χ4n) is 6.45. The van der Waals surface area contributed by atoms with Crippen LogP contribution in [0.15, 0.2) is 40.0 Å². The minimum Gasteiger partial charge on any atom is -0.376 e. The maximum Gasteiger partial charge on any atom is 0.254 e. The summed E-state index contributed by atoms with van der Waals surface area (Å²) in [5.41, 5.74) is 3.59. The van der Waals surface area contributed by atoms with Crippen LogP contribution in [0, 0.1) is 25.7 Å². The molecular formula is C31H40N4O4S. The second-order valence-electron chi connectivity index (χ2n) is 11.8. The standard InChI is InChI=1S/C31H40N4O4S/c1-18-14-26(40-5)24(29(37)33-18)15-32-30(38)27-20(3)35(25-9-7-6-8-23(25)27)19(2)21-10-12-22(13-11-21)28(36)34-31(4)16-39-17-31/h6-9,14,19,21-22H,10-13,15-17H2,1-5H3,(H,32,38)(H,33,37)(H,34,36)/t19-,21-,22-/m1/s1. The zero-order chi connectivity index (χ0) is 28.6. The molecule has 40 heavy (non-hydrogen) atoms. The van der Waals surface area contributed by atoms with Crippen molar-refractivity contribution in [3.05, 3.63) is 63.2 Å². The summed E-state index contributed by atoms with van der Waals surface area (Å²) in [4.78, 5) is 42.8. The number of ether oxygens (including phenoxy) is 1. The quantitative estimate of drug-likeness (QED) is 0.339. The van der Waals surface area contributed by atoms with E-state index in [1.54, 1.807) is 0 Å². The van der Waals surface area contributed by atoms with E-state index < -0.39 is 0 Å². The molecular weight excluding hydrogens is 524 g/mol. The van der Waals surface area contributed by atoms with Gasteiger partial charge in [-0.2, -0.15) is 0 Å². The first-order valence-electron chi connectivity index (χ1n) is 14.2. The van der Waals surface area contributed by atoms with Gasteiger partial charge in [0.05, 0.1) is 24.3 Å². The SMILES string of the molecule is CSc1cc(C)[nH]c(=O)c1CNC(=O)c1c(C)n([C@H](C)[C@H]2CC[C@H](C(=O)NC3(C)COC3)CC2)c2ccccc12. The largest absolute Gasteiger partial charge is 0.376 e. The van der Waals surface area contributed by atoms with E-state index in [0.29, 0.717) is 30.3 Å². The summed E-state index contributed by atoms with van der Waals surface area (Å²) in [5.74, 6) is 0.421. The lowest BCUT2D eigenvalue weighted by Gasteiger charge is -2.40. The molecule has 1 aromatic carbocycles. The van der Waals surface area contributed by atoms with E-state index in [0.717, 1.165) is 52.9 Å². The van der Waals surface area contributed by atoms with E-state index in [1.807, 2.05) is 51.3 Å². The van der Waals surface area contributed by atoms with Crippen molar-refractivity contribution < 1.29 is 14.3 Å². The Morgan fingerprint density at radius 1 is 1.18 bits per heavy atom. The Morgan fingerprint density at radius 3 is 2.52 bits per heavy atom. The van der Waals surface area contributed by atoms with Gasteiger partial charge in [0.15, 0.2) is 0 Å². The number of hydrogen-bond acceptors (Lipinski definition) is 5. The molecule has 1 saturated heterocycles. The topological polar surface area (TPSA) is 105 Å². The lowest BCUT2D eigenvalue weighted by Crippen LogP contribution is -2.61. The maximum atomic E-state index is 13.6. The van der Waals surface area contributed by atoms with Crippen LogP contribution in [0.4, 0.5) is 0 Å². The number of hydrogen-bond donors (Lipinski definition) is 3. The predicted octanol–water partition coefficient (Wildman–Crippen LogP) is 4.87. The number of amides is 2. The Morgan fingerprint density at radius 2 is 1.88 bits per heavy atom. The zero-order valence-corrected chi connectivity index (χ0v) is 24.9. The first-order valence-corrected chi connectivity index (χ1v) is 15.4. The number of aromatic amines is 1. The summed E-state index contributed by atoms with van der Waals surface area (Å²) in [7, 11) is 0. The van der Waals surface area contributed by atoms with Crippen LogP contribution >= 0.6 is 11.8 Å². The molecule has 9 heteroatoms. The van der Waals surface area contributed by atoms with E-state index in [9.17, 15) is 14.4 Å². The molecule has 3 heterocycles. The number of aromatic nitrogens is 2. The first kappa shape index (κ1) is 28.5. The zero-order valence-electron chi connectivity index (χ0n) is 24.1. The fourth-order valence-corrected chi connectivity index (χ4v) is 7.16. The number of pyridine rings is 1. The van der Waals surface area contributed by atoms with E-state index in [4.69, 9.17) is 4.74 Å². The van der Waals surface area contributed by atoms with Gasteiger partial charge in [-0.05, 0) is 77.7 Å². The van der Waals surface area contributed by atoms with Crippen LogP contribution in [-0.4, -0.2) is 46.4 Å². The molecule has 1 aliphatic heterocycles. The number of benzene rings is 1. The smallest absolute Gasteiger partial charge is 0.254 e. The number of nitrogens with zero attached hydrogens (tertiary/aromatic N) is 1. The summed E-state index contributed by atoms with van der Waals surface area (Å²) < 4.78 is 7.58. The van der Waals surface area contributed by atoms with Crippen molar-refractivity contribution in [1.29, 1.82) is 0 Å². The van der Waals surface area contributed by atoms with Gasteiger partial charge in [0.2, 0.25) is 5.91 Å². The third-order valence-corrected chi connectivity index (χ3v) is 9.56. The number of rotatable bonds is 8. The average molecular weight is 565 g/mol. The monoisotopic (exact) mass is 564 g/mol.